The molecule has 0 unspecified atom stereocenters. The van der Waals surface area contributed by atoms with Crippen LogP contribution in [0.2, 0.25) is 0 Å². The van der Waals surface area contributed by atoms with Gasteiger partial charge in [-0.15, -0.1) is 0 Å². The molecule has 2 aromatic heterocycles. The zero-order valence-corrected chi connectivity index (χ0v) is 16.6. The lowest BCUT2D eigenvalue weighted by atomic mass is 9.81. The number of sulfonamides is 1. The third-order valence-corrected chi connectivity index (χ3v) is 9.05. The van der Waals surface area contributed by atoms with Gasteiger partial charge in [0, 0.05) is 32.4 Å². The van der Waals surface area contributed by atoms with Gasteiger partial charge in [-0.3, -0.25) is 0 Å². The second-order valence-corrected chi connectivity index (χ2v) is 10.7. The minimum Gasteiger partial charge on any atom is -0.356 e. The number of nitrogens with zero attached hydrogens (tertiary/aromatic N) is 4. The summed E-state index contributed by atoms with van der Waals surface area (Å²) in [5.41, 5.74) is 1.35. The summed E-state index contributed by atoms with van der Waals surface area (Å²) < 4.78 is 27.3. The Hall–Kier alpha value is -1.67. The Morgan fingerprint density at radius 1 is 1.22 bits per heavy atom. The molecule has 2 saturated carbocycles. The van der Waals surface area contributed by atoms with Crippen LogP contribution < -0.4 is 4.90 Å². The monoisotopic (exact) mass is 389 g/mol. The second-order valence-electron chi connectivity index (χ2n) is 8.72. The van der Waals surface area contributed by atoms with Gasteiger partial charge >= 0.3 is 0 Å². The maximum atomic E-state index is 12.8. The molecule has 146 valence electrons. The maximum absolute atomic E-state index is 12.8. The van der Waals surface area contributed by atoms with E-state index in [0.717, 1.165) is 55.6 Å². The molecular weight excluding hydrogens is 362 g/mol. The Balaban J connectivity index is 1.19. The van der Waals surface area contributed by atoms with Crippen LogP contribution in [0.15, 0.2) is 18.6 Å². The number of anilines is 1. The number of aromatic nitrogens is 3. The zero-order valence-electron chi connectivity index (χ0n) is 15.8. The van der Waals surface area contributed by atoms with Crippen molar-refractivity contribution in [2.24, 2.45) is 11.3 Å². The van der Waals surface area contributed by atoms with Gasteiger partial charge in [0.1, 0.15) is 17.8 Å². The zero-order chi connectivity index (χ0) is 18.6. The molecular formula is C19H27N5O2S. The first-order chi connectivity index (χ1) is 13.0. The highest BCUT2D eigenvalue weighted by molar-refractivity contribution is 7.89. The summed E-state index contributed by atoms with van der Waals surface area (Å²) in [6.45, 7) is 1.45. The molecule has 3 heterocycles. The molecule has 1 N–H and O–H groups in total. The number of piperidine rings is 1. The first-order valence-electron chi connectivity index (χ1n) is 9.95. The maximum Gasteiger partial charge on any atom is 0.214 e. The predicted octanol–water partition coefficient (Wildman–Crippen LogP) is 2.38. The van der Waals surface area contributed by atoms with Crippen molar-refractivity contribution < 1.29 is 8.42 Å². The SMILES string of the molecule is CN(c1ncnc2[nH]ccc12)C1CC(CS(=O)(=O)N2CCC3(CC2)CC3)C1. The van der Waals surface area contributed by atoms with Crippen LogP contribution in [-0.2, 0) is 10.0 Å². The minimum absolute atomic E-state index is 0.253. The van der Waals surface area contributed by atoms with Crippen molar-refractivity contribution in [3.8, 4) is 0 Å². The van der Waals surface area contributed by atoms with Gasteiger partial charge in [-0.1, -0.05) is 0 Å². The van der Waals surface area contributed by atoms with Crippen molar-refractivity contribution in [1.82, 2.24) is 19.3 Å². The number of aromatic amines is 1. The lowest BCUT2D eigenvalue weighted by Crippen LogP contribution is -2.48. The van der Waals surface area contributed by atoms with E-state index in [4.69, 9.17) is 0 Å². The Bertz CT molecular complexity index is 936. The summed E-state index contributed by atoms with van der Waals surface area (Å²) in [5.74, 6) is 1.47. The number of hydrogen-bond acceptors (Lipinski definition) is 5. The van der Waals surface area contributed by atoms with Crippen molar-refractivity contribution >= 4 is 26.9 Å². The highest BCUT2D eigenvalue weighted by atomic mass is 32.2. The van der Waals surface area contributed by atoms with Gasteiger partial charge in [0.15, 0.2) is 0 Å². The van der Waals surface area contributed by atoms with Gasteiger partial charge in [-0.05, 0) is 55.9 Å². The van der Waals surface area contributed by atoms with E-state index in [9.17, 15) is 8.42 Å². The molecule has 0 radical (unpaired) electrons. The summed E-state index contributed by atoms with van der Waals surface area (Å²) in [5, 5.41) is 1.01. The molecule has 0 aromatic carbocycles. The van der Waals surface area contributed by atoms with Crippen molar-refractivity contribution in [1.29, 1.82) is 0 Å². The summed E-state index contributed by atoms with van der Waals surface area (Å²) >= 11 is 0. The van der Waals surface area contributed by atoms with Crippen LogP contribution in [0.5, 0.6) is 0 Å². The van der Waals surface area contributed by atoms with E-state index in [-0.39, 0.29) is 5.92 Å². The second kappa shape index (κ2) is 6.17. The molecule has 3 fully saturated rings. The number of fused-ring (bicyclic) bond motifs is 1. The summed E-state index contributed by atoms with van der Waals surface area (Å²) in [6.07, 6.45) is 9.98. The first-order valence-corrected chi connectivity index (χ1v) is 11.6. The number of H-pyrrole nitrogens is 1. The molecule has 2 aliphatic carbocycles. The van der Waals surface area contributed by atoms with E-state index < -0.39 is 10.0 Å². The van der Waals surface area contributed by atoms with Gasteiger partial charge in [0.2, 0.25) is 10.0 Å². The molecule has 1 saturated heterocycles. The normalized spacial score (nSPS) is 27.6. The topological polar surface area (TPSA) is 82.2 Å². The standard InChI is InChI=1S/C19H27N5O2S/c1-23(18-16-2-7-20-17(16)21-13-22-18)15-10-14(11-15)12-27(25,26)24-8-5-19(3-4-19)6-9-24/h2,7,13-15H,3-6,8-12H2,1H3,(H,20,21,22). The molecule has 0 bridgehead atoms. The molecule has 0 amide bonds. The van der Waals surface area contributed by atoms with Crippen LogP contribution >= 0.6 is 0 Å². The number of rotatable bonds is 5. The molecule has 5 rings (SSSR count). The third-order valence-electron chi connectivity index (χ3n) is 7.01. The lowest BCUT2D eigenvalue weighted by molar-refractivity contribution is 0.246. The fourth-order valence-corrected chi connectivity index (χ4v) is 6.60. The average Bonchev–Trinajstić information content (AvgIpc) is 3.18. The van der Waals surface area contributed by atoms with Crippen molar-refractivity contribution in [2.45, 2.75) is 44.6 Å². The summed E-state index contributed by atoms with van der Waals surface area (Å²) in [6, 6.07) is 2.33. The molecule has 2 aromatic rings. The molecule has 8 heteroatoms. The van der Waals surface area contributed by atoms with E-state index in [2.05, 4.69) is 19.9 Å². The number of hydrogen-bond donors (Lipinski definition) is 1. The number of nitrogens with one attached hydrogen (secondary N) is 1. The van der Waals surface area contributed by atoms with E-state index in [1.165, 1.54) is 12.8 Å². The van der Waals surface area contributed by atoms with Crippen LogP contribution in [-0.4, -0.2) is 59.6 Å². The van der Waals surface area contributed by atoms with E-state index in [1.807, 2.05) is 19.3 Å². The Morgan fingerprint density at radius 3 is 2.67 bits per heavy atom. The molecule has 27 heavy (non-hydrogen) atoms. The molecule has 1 aliphatic heterocycles. The van der Waals surface area contributed by atoms with Crippen LogP contribution in [0.1, 0.15) is 38.5 Å². The van der Waals surface area contributed by atoms with Crippen molar-refractivity contribution in [2.75, 3.05) is 30.8 Å². The first kappa shape index (κ1) is 17.4. The van der Waals surface area contributed by atoms with Crippen LogP contribution in [0.3, 0.4) is 0 Å². The van der Waals surface area contributed by atoms with Gasteiger partial charge in [0.05, 0.1) is 11.1 Å². The molecule has 1 spiro atoms. The summed E-state index contributed by atoms with van der Waals surface area (Å²) in [4.78, 5) is 14.0. The quantitative estimate of drug-likeness (QED) is 0.849. The predicted molar refractivity (Wildman–Crippen MR) is 105 cm³/mol. The minimum atomic E-state index is -3.12. The van der Waals surface area contributed by atoms with Crippen molar-refractivity contribution in [3.63, 3.8) is 0 Å². The van der Waals surface area contributed by atoms with Crippen LogP contribution in [0.25, 0.3) is 11.0 Å². The van der Waals surface area contributed by atoms with Crippen LogP contribution in [0.4, 0.5) is 5.82 Å². The third kappa shape index (κ3) is 3.12. The van der Waals surface area contributed by atoms with Crippen LogP contribution in [0, 0.1) is 11.3 Å². The van der Waals surface area contributed by atoms with Gasteiger partial charge in [-0.25, -0.2) is 22.7 Å². The summed E-state index contributed by atoms with van der Waals surface area (Å²) in [7, 11) is -1.08. The fraction of sp³-hybridized carbons (Fsp3) is 0.684. The Morgan fingerprint density at radius 2 is 1.96 bits per heavy atom. The Labute approximate surface area is 160 Å². The molecule has 3 aliphatic rings. The molecule has 0 atom stereocenters. The smallest absolute Gasteiger partial charge is 0.214 e. The fourth-order valence-electron chi connectivity index (χ4n) is 4.78. The van der Waals surface area contributed by atoms with Crippen molar-refractivity contribution in [3.05, 3.63) is 18.6 Å². The lowest BCUT2D eigenvalue weighted by Gasteiger charge is -2.42. The van der Waals surface area contributed by atoms with E-state index in [0.29, 0.717) is 17.2 Å². The highest BCUT2D eigenvalue weighted by Crippen LogP contribution is 2.54. The average molecular weight is 390 g/mol. The largest absolute Gasteiger partial charge is 0.356 e. The van der Waals surface area contributed by atoms with E-state index in [1.54, 1.807) is 10.6 Å². The van der Waals surface area contributed by atoms with Gasteiger partial charge in [-0.2, -0.15) is 0 Å². The van der Waals surface area contributed by atoms with Gasteiger partial charge < -0.3 is 9.88 Å². The van der Waals surface area contributed by atoms with Gasteiger partial charge in [0.25, 0.3) is 0 Å². The Kier molecular flexibility index (Phi) is 3.98. The highest BCUT2D eigenvalue weighted by Gasteiger charge is 2.47. The van der Waals surface area contributed by atoms with E-state index >= 15 is 0 Å². The molecule has 7 nitrogen and oxygen atoms in total.